The lowest BCUT2D eigenvalue weighted by molar-refractivity contribution is -0.193. The van der Waals surface area contributed by atoms with Crippen LogP contribution >= 0.6 is 0 Å². The fraction of sp³-hybridized carbons (Fsp3) is 0.417. The number of amides is 1. The molecule has 1 amide bonds. The maximum absolute atomic E-state index is 12.9. The lowest BCUT2D eigenvalue weighted by atomic mass is 10.0. The van der Waals surface area contributed by atoms with Gasteiger partial charge >= 0.3 is 6.18 Å². The number of carbonyl (C=O) groups is 1. The number of halogens is 4. The Morgan fingerprint density at radius 1 is 1.37 bits per heavy atom. The van der Waals surface area contributed by atoms with Crippen LogP contribution in [-0.4, -0.2) is 29.6 Å². The quantitative estimate of drug-likeness (QED) is 0.860. The highest BCUT2D eigenvalue weighted by atomic mass is 19.4. The van der Waals surface area contributed by atoms with E-state index in [2.05, 4.69) is 0 Å². The number of likely N-dealkylation sites (N-methyl/N-ethyl adjacent to an activating group) is 1. The Hall–Kier alpha value is -1.63. The van der Waals surface area contributed by atoms with Crippen LogP contribution in [0.25, 0.3) is 0 Å². The van der Waals surface area contributed by atoms with Crippen molar-refractivity contribution in [3.05, 3.63) is 35.6 Å². The largest absolute Gasteiger partial charge is 0.415 e. The third kappa shape index (κ3) is 3.44. The van der Waals surface area contributed by atoms with E-state index in [1.165, 1.54) is 25.2 Å². The highest BCUT2D eigenvalue weighted by Gasteiger charge is 2.54. The van der Waals surface area contributed by atoms with E-state index in [4.69, 9.17) is 5.73 Å². The van der Waals surface area contributed by atoms with E-state index in [0.29, 0.717) is 12.5 Å². The van der Waals surface area contributed by atoms with Crippen LogP contribution in [0.5, 0.6) is 0 Å². The summed E-state index contributed by atoms with van der Waals surface area (Å²) in [5.74, 6) is -1.80. The Balaban J connectivity index is 2.84. The molecule has 0 bridgehead atoms. The van der Waals surface area contributed by atoms with Crippen molar-refractivity contribution in [3.63, 3.8) is 0 Å². The van der Waals surface area contributed by atoms with Gasteiger partial charge in [0.05, 0.1) is 0 Å². The molecular weight excluding hydrogens is 264 g/mol. The molecule has 0 radical (unpaired) electrons. The molecule has 0 saturated heterocycles. The molecule has 0 heterocycles. The SMILES string of the molecule is CN(Cc1cccc(F)c1)C(=O)C(C)(N)C(F)(F)F. The van der Waals surface area contributed by atoms with Gasteiger partial charge in [0.2, 0.25) is 0 Å². The Kier molecular flexibility index (Phi) is 4.19. The molecule has 1 aromatic carbocycles. The van der Waals surface area contributed by atoms with E-state index in [-0.39, 0.29) is 6.54 Å². The molecule has 106 valence electrons. The fourth-order valence-corrected chi connectivity index (χ4v) is 1.50. The summed E-state index contributed by atoms with van der Waals surface area (Å²) >= 11 is 0. The zero-order valence-electron chi connectivity index (χ0n) is 10.5. The van der Waals surface area contributed by atoms with Gasteiger partial charge in [0.15, 0.2) is 5.54 Å². The summed E-state index contributed by atoms with van der Waals surface area (Å²) in [6, 6.07) is 5.27. The second-order valence-electron chi connectivity index (χ2n) is 4.49. The van der Waals surface area contributed by atoms with Crippen molar-refractivity contribution in [2.24, 2.45) is 5.73 Å². The van der Waals surface area contributed by atoms with Gasteiger partial charge in [-0.2, -0.15) is 13.2 Å². The van der Waals surface area contributed by atoms with Crippen LogP contribution in [0, 0.1) is 5.82 Å². The molecule has 0 aliphatic rings. The first-order valence-electron chi connectivity index (χ1n) is 5.41. The molecule has 0 aromatic heterocycles. The lowest BCUT2D eigenvalue weighted by Gasteiger charge is -2.30. The summed E-state index contributed by atoms with van der Waals surface area (Å²) in [4.78, 5) is 12.5. The molecule has 0 fully saturated rings. The van der Waals surface area contributed by atoms with Gasteiger partial charge in [-0.3, -0.25) is 4.79 Å². The number of hydrogen-bond donors (Lipinski definition) is 1. The van der Waals surface area contributed by atoms with E-state index < -0.39 is 23.4 Å². The first kappa shape index (κ1) is 15.4. The number of rotatable bonds is 3. The third-order valence-corrected chi connectivity index (χ3v) is 2.69. The molecule has 1 rings (SSSR count). The zero-order chi connectivity index (χ0) is 14.8. The summed E-state index contributed by atoms with van der Waals surface area (Å²) < 4.78 is 50.8. The Morgan fingerprint density at radius 3 is 2.42 bits per heavy atom. The minimum absolute atomic E-state index is 0.153. The zero-order valence-corrected chi connectivity index (χ0v) is 10.5. The van der Waals surface area contributed by atoms with Gasteiger partial charge in [0.25, 0.3) is 5.91 Å². The van der Waals surface area contributed by atoms with E-state index in [9.17, 15) is 22.4 Å². The van der Waals surface area contributed by atoms with Crippen molar-refractivity contribution in [2.45, 2.75) is 25.2 Å². The highest BCUT2D eigenvalue weighted by Crippen LogP contribution is 2.29. The molecule has 2 N–H and O–H groups in total. The molecule has 1 aromatic rings. The van der Waals surface area contributed by atoms with Crippen LogP contribution < -0.4 is 5.73 Å². The average Bonchev–Trinajstić information content (AvgIpc) is 2.26. The van der Waals surface area contributed by atoms with Gasteiger partial charge in [0.1, 0.15) is 5.82 Å². The summed E-state index contributed by atoms with van der Waals surface area (Å²) in [6.45, 7) is 0.455. The predicted molar refractivity (Wildman–Crippen MR) is 61.5 cm³/mol. The molecule has 3 nitrogen and oxygen atoms in total. The van der Waals surface area contributed by atoms with Crippen LogP contribution in [0.15, 0.2) is 24.3 Å². The number of nitrogens with zero attached hydrogens (tertiary/aromatic N) is 1. The van der Waals surface area contributed by atoms with E-state index in [0.717, 1.165) is 11.0 Å². The molecule has 0 spiro atoms. The summed E-state index contributed by atoms with van der Waals surface area (Å²) in [5, 5.41) is 0. The third-order valence-electron chi connectivity index (χ3n) is 2.69. The maximum Gasteiger partial charge on any atom is 0.415 e. The van der Waals surface area contributed by atoms with Crippen molar-refractivity contribution >= 4 is 5.91 Å². The smallest absolute Gasteiger partial charge is 0.340 e. The molecule has 19 heavy (non-hydrogen) atoms. The number of benzene rings is 1. The maximum atomic E-state index is 12.9. The van der Waals surface area contributed by atoms with Gasteiger partial charge in [-0.05, 0) is 24.6 Å². The fourth-order valence-electron chi connectivity index (χ4n) is 1.50. The number of hydrogen-bond acceptors (Lipinski definition) is 2. The van der Waals surface area contributed by atoms with Gasteiger partial charge < -0.3 is 10.6 Å². The van der Waals surface area contributed by atoms with Gasteiger partial charge in [0, 0.05) is 13.6 Å². The molecule has 1 unspecified atom stereocenters. The Bertz CT molecular complexity index is 471. The molecule has 0 aliphatic carbocycles. The van der Waals surface area contributed by atoms with Gasteiger partial charge in [-0.15, -0.1) is 0 Å². The number of carbonyl (C=O) groups excluding carboxylic acids is 1. The minimum atomic E-state index is -4.85. The lowest BCUT2D eigenvalue weighted by Crippen LogP contribution is -2.61. The van der Waals surface area contributed by atoms with E-state index in [1.54, 1.807) is 0 Å². The summed E-state index contributed by atoms with van der Waals surface area (Å²) in [7, 11) is 1.18. The van der Waals surface area contributed by atoms with Crippen molar-refractivity contribution in [1.29, 1.82) is 0 Å². The standard InChI is InChI=1S/C12H14F4N2O/c1-11(17,12(14,15)16)10(19)18(2)7-8-4-3-5-9(13)6-8/h3-6H,7,17H2,1-2H3. The van der Waals surface area contributed by atoms with Crippen LogP contribution in [0.4, 0.5) is 17.6 Å². The second kappa shape index (κ2) is 5.16. The minimum Gasteiger partial charge on any atom is -0.340 e. The predicted octanol–water partition coefficient (Wildman–Crippen LogP) is 2.06. The molecule has 0 saturated carbocycles. The highest BCUT2D eigenvalue weighted by molar-refractivity contribution is 5.86. The van der Waals surface area contributed by atoms with Gasteiger partial charge in [-0.25, -0.2) is 4.39 Å². The van der Waals surface area contributed by atoms with Crippen LogP contribution in [0.3, 0.4) is 0 Å². The topological polar surface area (TPSA) is 46.3 Å². The Labute approximate surface area is 108 Å². The second-order valence-corrected chi connectivity index (χ2v) is 4.49. The van der Waals surface area contributed by atoms with Crippen molar-refractivity contribution in [2.75, 3.05) is 7.05 Å². The van der Waals surface area contributed by atoms with E-state index >= 15 is 0 Å². The molecular formula is C12H14F4N2O. The van der Waals surface area contributed by atoms with Crippen molar-refractivity contribution in [1.82, 2.24) is 4.90 Å². The summed E-state index contributed by atoms with van der Waals surface area (Å²) in [5.41, 5.74) is 2.45. The average molecular weight is 278 g/mol. The monoisotopic (exact) mass is 278 g/mol. The van der Waals surface area contributed by atoms with Crippen LogP contribution in [0.2, 0.25) is 0 Å². The number of alkyl halides is 3. The normalized spacial score (nSPS) is 14.9. The molecule has 1 atom stereocenters. The first-order valence-corrected chi connectivity index (χ1v) is 5.41. The summed E-state index contributed by atoms with van der Waals surface area (Å²) in [6.07, 6.45) is -4.85. The first-order chi connectivity index (χ1) is 8.55. The van der Waals surface area contributed by atoms with Gasteiger partial charge in [-0.1, -0.05) is 12.1 Å². The Morgan fingerprint density at radius 2 is 1.95 bits per heavy atom. The molecule has 0 aliphatic heterocycles. The van der Waals surface area contributed by atoms with E-state index in [1.807, 2.05) is 0 Å². The van der Waals surface area contributed by atoms with Crippen LogP contribution in [0.1, 0.15) is 12.5 Å². The van der Waals surface area contributed by atoms with Crippen molar-refractivity contribution in [3.8, 4) is 0 Å². The van der Waals surface area contributed by atoms with Crippen LogP contribution in [-0.2, 0) is 11.3 Å². The molecule has 7 heteroatoms. The van der Waals surface area contributed by atoms with Crippen molar-refractivity contribution < 1.29 is 22.4 Å². The number of nitrogens with two attached hydrogens (primary N) is 1.